The lowest BCUT2D eigenvalue weighted by atomic mass is 10.3. The smallest absolute Gasteiger partial charge is 0.207 e. The van der Waals surface area contributed by atoms with Crippen LogP contribution in [0.2, 0.25) is 0 Å². The molecule has 18 heavy (non-hydrogen) atoms. The van der Waals surface area contributed by atoms with Crippen LogP contribution in [0.4, 0.5) is 5.95 Å². The monoisotopic (exact) mass is 350 g/mol. The molecular formula is C13H11IN4. The number of aromatic nitrogens is 3. The average Bonchev–Trinajstić information content (AvgIpc) is 2.64. The summed E-state index contributed by atoms with van der Waals surface area (Å²) in [6.07, 6.45) is 0. The number of hydrogen-bond donors (Lipinski definition) is 1. The van der Waals surface area contributed by atoms with Crippen molar-refractivity contribution < 1.29 is 0 Å². The molecule has 2 heterocycles. The van der Waals surface area contributed by atoms with E-state index in [1.165, 1.54) is 0 Å². The zero-order valence-electron chi connectivity index (χ0n) is 9.76. The first-order valence-electron chi connectivity index (χ1n) is 5.52. The van der Waals surface area contributed by atoms with Crippen LogP contribution in [0.5, 0.6) is 0 Å². The molecule has 0 radical (unpaired) electrons. The van der Waals surface area contributed by atoms with E-state index >= 15 is 0 Å². The minimum absolute atomic E-state index is 0.463. The number of nitrogens with two attached hydrogens (primary N) is 1. The van der Waals surface area contributed by atoms with Gasteiger partial charge < -0.3 is 5.73 Å². The summed E-state index contributed by atoms with van der Waals surface area (Å²) in [6, 6.07) is 12.0. The molecule has 0 unspecified atom stereocenters. The number of pyridine rings is 1. The molecule has 5 heteroatoms. The van der Waals surface area contributed by atoms with Crippen molar-refractivity contribution in [3.05, 3.63) is 45.7 Å². The van der Waals surface area contributed by atoms with Crippen LogP contribution in [-0.4, -0.2) is 14.5 Å². The molecule has 1 aromatic carbocycles. The molecule has 3 rings (SSSR count). The third-order valence-corrected chi connectivity index (χ3v) is 3.41. The second-order valence-electron chi connectivity index (χ2n) is 4.08. The lowest BCUT2D eigenvalue weighted by molar-refractivity contribution is 1.07. The van der Waals surface area contributed by atoms with Gasteiger partial charge in [0.15, 0.2) is 5.65 Å². The van der Waals surface area contributed by atoms with Gasteiger partial charge in [-0.1, -0.05) is 6.07 Å². The summed E-state index contributed by atoms with van der Waals surface area (Å²) in [4.78, 5) is 8.86. The number of imidazole rings is 1. The van der Waals surface area contributed by atoms with Crippen molar-refractivity contribution >= 4 is 39.7 Å². The van der Waals surface area contributed by atoms with E-state index in [1.54, 1.807) is 0 Å². The van der Waals surface area contributed by atoms with Crippen molar-refractivity contribution in [1.82, 2.24) is 14.5 Å². The van der Waals surface area contributed by atoms with Crippen LogP contribution in [-0.2, 0) is 0 Å². The molecule has 0 saturated heterocycles. The summed E-state index contributed by atoms with van der Waals surface area (Å²) in [5.74, 6) is 0.463. The highest BCUT2D eigenvalue weighted by Crippen LogP contribution is 2.22. The highest BCUT2D eigenvalue weighted by Gasteiger charge is 2.11. The quantitative estimate of drug-likeness (QED) is 0.687. The molecule has 2 aromatic heterocycles. The number of benzene rings is 1. The molecule has 0 aliphatic carbocycles. The molecule has 3 aromatic rings. The molecule has 0 saturated carbocycles. The minimum atomic E-state index is 0.463. The Hall–Kier alpha value is -1.63. The lowest BCUT2D eigenvalue weighted by Crippen LogP contribution is -2.01. The van der Waals surface area contributed by atoms with Crippen LogP contribution in [0, 0.1) is 10.5 Å². The van der Waals surface area contributed by atoms with Gasteiger partial charge in [0.05, 0.1) is 5.69 Å². The summed E-state index contributed by atoms with van der Waals surface area (Å²) in [6.45, 7) is 1.96. The van der Waals surface area contributed by atoms with Crippen LogP contribution in [0.1, 0.15) is 5.69 Å². The van der Waals surface area contributed by atoms with Gasteiger partial charge in [-0.05, 0) is 59.8 Å². The van der Waals surface area contributed by atoms with Crippen molar-refractivity contribution in [2.45, 2.75) is 6.92 Å². The van der Waals surface area contributed by atoms with E-state index < -0.39 is 0 Å². The Kier molecular flexibility index (Phi) is 2.70. The van der Waals surface area contributed by atoms with E-state index in [1.807, 2.05) is 41.8 Å². The number of halogens is 1. The molecule has 4 nitrogen and oxygen atoms in total. The second-order valence-corrected chi connectivity index (χ2v) is 5.33. The van der Waals surface area contributed by atoms with Crippen LogP contribution in [0.15, 0.2) is 36.4 Å². The van der Waals surface area contributed by atoms with Gasteiger partial charge in [0.25, 0.3) is 0 Å². The molecule has 0 aliphatic heterocycles. The fourth-order valence-corrected chi connectivity index (χ4v) is 2.47. The molecule has 0 bridgehead atoms. The predicted molar refractivity (Wildman–Crippen MR) is 80.7 cm³/mol. The zero-order chi connectivity index (χ0) is 12.7. The molecular weight excluding hydrogens is 339 g/mol. The number of nitrogen functional groups attached to an aromatic ring is 1. The third kappa shape index (κ3) is 1.84. The first kappa shape index (κ1) is 11.5. The molecule has 0 aliphatic rings. The Morgan fingerprint density at radius 1 is 1.17 bits per heavy atom. The predicted octanol–water partition coefficient (Wildman–Crippen LogP) is 2.92. The largest absolute Gasteiger partial charge is 0.369 e. The Morgan fingerprint density at radius 2 is 2.00 bits per heavy atom. The number of anilines is 1. The number of rotatable bonds is 1. The number of aryl methyl sites for hydroxylation is 1. The first-order chi connectivity index (χ1) is 8.65. The summed E-state index contributed by atoms with van der Waals surface area (Å²) < 4.78 is 3.03. The number of fused-ring (bicyclic) bond motifs is 1. The number of nitrogens with zero attached hydrogens (tertiary/aromatic N) is 3. The normalized spacial score (nSPS) is 11.0. The maximum absolute atomic E-state index is 5.99. The highest BCUT2D eigenvalue weighted by atomic mass is 127. The van der Waals surface area contributed by atoms with Crippen LogP contribution in [0.3, 0.4) is 0 Å². The maximum Gasteiger partial charge on any atom is 0.207 e. The topological polar surface area (TPSA) is 56.7 Å². The van der Waals surface area contributed by atoms with Crippen LogP contribution >= 0.6 is 22.6 Å². The Balaban J connectivity index is 2.34. The zero-order valence-corrected chi connectivity index (χ0v) is 11.9. The highest BCUT2D eigenvalue weighted by molar-refractivity contribution is 14.1. The summed E-state index contributed by atoms with van der Waals surface area (Å²) in [5, 5.41) is 0. The molecule has 90 valence electrons. The van der Waals surface area contributed by atoms with Gasteiger partial charge in [-0.2, -0.15) is 0 Å². The molecule has 0 atom stereocenters. The van der Waals surface area contributed by atoms with E-state index in [0.717, 1.165) is 26.1 Å². The molecule has 0 amide bonds. The van der Waals surface area contributed by atoms with Crippen LogP contribution in [0.25, 0.3) is 16.9 Å². The van der Waals surface area contributed by atoms with Crippen molar-refractivity contribution in [1.29, 1.82) is 0 Å². The molecule has 0 fully saturated rings. The van der Waals surface area contributed by atoms with Crippen molar-refractivity contribution in [3.63, 3.8) is 0 Å². The van der Waals surface area contributed by atoms with Crippen molar-refractivity contribution in [2.75, 3.05) is 5.73 Å². The fraction of sp³-hybridized carbons (Fsp3) is 0.0769. The molecule has 2 N–H and O–H groups in total. The van der Waals surface area contributed by atoms with E-state index in [-0.39, 0.29) is 0 Å². The Bertz CT molecular complexity index is 733. The maximum atomic E-state index is 5.99. The lowest BCUT2D eigenvalue weighted by Gasteiger charge is -2.06. The SMILES string of the molecule is Cc1ccc2nc(N)n(-c3cccc(I)c3)c2n1. The van der Waals surface area contributed by atoms with Crippen LogP contribution < -0.4 is 5.73 Å². The Morgan fingerprint density at radius 3 is 2.78 bits per heavy atom. The van der Waals surface area contributed by atoms with E-state index in [9.17, 15) is 0 Å². The van der Waals surface area contributed by atoms with E-state index in [4.69, 9.17) is 5.73 Å². The van der Waals surface area contributed by atoms with Crippen molar-refractivity contribution in [3.8, 4) is 5.69 Å². The van der Waals surface area contributed by atoms with E-state index in [0.29, 0.717) is 5.95 Å². The Labute approximate surface area is 118 Å². The number of hydrogen-bond acceptors (Lipinski definition) is 3. The van der Waals surface area contributed by atoms with Gasteiger partial charge in [0.2, 0.25) is 5.95 Å². The second kappa shape index (κ2) is 4.24. The van der Waals surface area contributed by atoms with Gasteiger partial charge >= 0.3 is 0 Å². The first-order valence-corrected chi connectivity index (χ1v) is 6.60. The van der Waals surface area contributed by atoms with E-state index in [2.05, 4.69) is 38.6 Å². The average molecular weight is 350 g/mol. The van der Waals surface area contributed by atoms with Gasteiger partial charge in [-0.3, -0.25) is 4.57 Å². The van der Waals surface area contributed by atoms with Gasteiger partial charge in [-0.15, -0.1) is 0 Å². The fourth-order valence-electron chi connectivity index (χ4n) is 1.94. The minimum Gasteiger partial charge on any atom is -0.369 e. The summed E-state index contributed by atoms with van der Waals surface area (Å²) >= 11 is 2.28. The van der Waals surface area contributed by atoms with Gasteiger partial charge in [-0.25, -0.2) is 9.97 Å². The standard InChI is InChI=1S/C13H11IN4/c1-8-5-6-11-12(16-8)18(13(15)17-11)10-4-2-3-9(14)7-10/h2-7H,1H3,(H2,15,17). The summed E-state index contributed by atoms with van der Waals surface area (Å²) in [7, 11) is 0. The molecule has 0 spiro atoms. The van der Waals surface area contributed by atoms with Crippen molar-refractivity contribution in [2.24, 2.45) is 0 Å². The van der Waals surface area contributed by atoms with Gasteiger partial charge in [0.1, 0.15) is 5.52 Å². The van der Waals surface area contributed by atoms with Gasteiger partial charge in [0, 0.05) is 9.26 Å². The summed E-state index contributed by atoms with van der Waals surface area (Å²) in [5.41, 5.74) is 9.55. The third-order valence-electron chi connectivity index (χ3n) is 2.74.